The van der Waals surface area contributed by atoms with Gasteiger partial charge in [-0.1, -0.05) is 0 Å². The molecule has 4 aromatic rings. The normalized spacial score (nSPS) is 10.7. The van der Waals surface area contributed by atoms with E-state index in [-0.39, 0.29) is 0 Å². The lowest BCUT2D eigenvalue weighted by Crippen LogP contribution is -1.73. The molecule has 0 N–H and O–H groups in total. The molecule has 0 radical (unpaired) electrons. The van der Waals surface area contributed by atoms with Crippen LogP contribution >= 0.6 is 87.2 Å². The molecule has 10 heteroatoms. The van der Waals surface area contributed by atoms with Gasteiger partial charge in [-0.25, -0.2) is 0 Å². The first-order valence-corrected chi connectivity index (χ1v) is 10.3. The molecule has 0 bridgehead atoms. The summed E-state index contributed by atoms with van der Waals surface area (Å²) >= 11 is 16.0. The summed E-state index contributed by atoms with van der Waals surface area (Å²) in [5.41, 5.74) is 3.68. The average Bonchev–Trinajstić information content (AvgIpc) is 3.17. The van der Waals surface area contributed by atoms with E-state index in [4.69, 9.17) is 0 Å². The summed E-state index contributed by atoms with van der Waals surface area (Å²) in [5.74, 6) is 0. The van der Waals surface area contributed by atoms with Gasteiger partial charge in [0.15, 0.2) is 0 Å². The zero-order valence-corrected chi connectivity index (χ0v) is 18.4. The molecule has 0 amide bonds. The van der Waals surface area contributed by atoms with Gasteiger partial charge in [0.25, 0.3) is 0 Å². The first-order chi connectivity index (χ1) is 10.6. The van der Waals surface area contributed by atoms with Crippen LogP contribution in [0.5, 0.6) is 0 Å². The Bertz CT molecular complexity index is 803. The molecule has 4 nitrogen and oxygen atoms in total. The highest BCUT2D eigenvalue weighted by Gasteiger charge is 2.06. The van der Waals surface area contributed by atoms with Crippen molar-refractivity contribution in [3.8, 4) is 0 Å². The van der Waals surface area contributed by atoms with E-state index < -0.39 is 0 Å². The summed E-state index contributed by atoms with van der Waals surface area (Å²) in [4.78, 5) is 0. The molecular formula is C12H4Br4N4S2. The molecule has 0 saturated carbocycles. The van der Waals surface area contributed by atoms with Gasteiger partial charge >= 0.3 is 0 Å². The van der Waals surface area contributed by atoms with Crippen molar-refractivity contribution in [2.75, 3.05) is 0 Å². The van der Waals surface area contributed by atoms with Gasteiger partial charge in [0.1, 0.15) is 22.1 Å². The van der Waals surface area contributed by atoms with Gasteiger partial charge in [0.05, 0.1) is 23.5 Å². The third kappa shape index (κ3) is 3.41. The summed E-state index contributed by atoms with van der Waals surface area (Å²) in [7, 11) is 0. The molecule has 2 heterocycles. The van der Waals surface area contributed by atoms with E-state index >= 15 is 0 Å². The first-order valence-electron chi connectivity index (χ1n) is 5.70. The molecule has 0 fully saturated rings. The van der Waals surface area contributed by atoms with E-state index in [0.29, 0.717) is 0 Å². The van der Waals surface area contributed by atoms with E-state index in [0.717, 1.165) is 40.0 Å². The fraction of sp³-hybridized carbons (Fsp3) is 0. The predicted molar refractivity (Wildman–Crippen MR) is 106 cm³/mol. The summed E-state index contributed by atoms with van der Waals surface area (Å²) in [6, 6.07) is 7.81. The third-order valence-corrected chi connectivity index (χ3v) is 6.25. The second-order valence-electron chi connectivity index (χ2n) is 3.98. The third-order valence-electron chi connectivity index (χ3n) is 2.63. The maximum atomic E-state index is 4.13. The van der Waals surface area contributed by atoms with Crippen molar-refractivity contribution < 1.29 is 0 Å². The minimum Gasteiger partial charge on any atom is -0.172 e. The van der Waals surface area contributed by atoms with Crippen molar-refractivity contribution in [3.63, 3.8) is 0 Å². The number of aromatic nitrogens is 4. The fourth-order valence-corrected chi connectivity index (χ4v) is 4.86. The first kappa shape index (κ1) is 16.8. The second-order valence-corrected chi connectivity index (χ2v) is 8.46. The highest BCUT2D eigenvalue weighted by Crippen LogP contribution is 2.29. The van der Waals surface area contributed by atoms with Gasteiger partial charge in [-0.3, -0.25) is 0 Å². The highest BCUT2D eigenvalue weighted by molar-refractivity contribution is 9.11. The number of benzene rings is 2. The SMILES string of the molecule is Brc1ccc(Br)c2nsnc12.Brc1ccc(Br)c2nsnc12. The number of hydrogen-bond donors (Lipinski definition) is 0. The van der Waals surface area contributed by atoms with E-state index in [1.165, 1.54) is 23.5 Å². The molecule has 0 atom stereocenters. The van der Waals surface area contributed by atoms with Crippen molar-refractivity contribution in [2.45, 2.75) is 0 Å². The smallest absolute Gasteiger partial charge is 0.120 e. The van der Waals surface area contributed by atoms with Gasteiger partial charge < -0.3 is 0 Å². The molecule has 0 spiro atoms. The molecule has 4 rings (SSSR count). The van der Waals surface area contributed by atoms with Crippen molar-refractivity contribution in [1.82, 2.24) is 17.5 Å². The van der Waals surface area contributed by atoms with Crippen LogP contribution in [-0.2, 0) is 0 Å². The number of fused-ring (bicyclic) bond motifs is 2. The molecule has 0 aliphatic heterocycles. The Labute approximate surface area is 167 Å². The van der Waals surface area contributed by atoms with Gasteiger partial charge in [-0.15, -0.1) is 0 Å². The van der Waals surface area contributed by atoms with E-state index in [1.54, 1.807) is 0 Å². The maximum absolute atomic E-state index is 4.13. The van der Waals surface area contributed by atoms with Gasteiger partial charge in [-0.2, -0.15) is 17.5 Å². The summed E-state index contributed by atoms with van der Waals surface area (Å²) < 4.78 is 20.5. The zero-order valence-electron chi connectivity index (χ0n) is 10.4. The lowest BCUT2D eigenvalue weighted by atomic mass is 10.3. The number of nitrogens with zero attached hydrogens (tertiary/aromatic N) is 4. The molecule has 2 aromatic heterocycles. The minimum atomic E-state index is 0.921. The van der Waals surface area contributed by atoms with Gasteiger partial charge in [0, 0.05) is 17.9 Å². The van der Waals surface area contributed by atoms with Crippen LogP contribution in [0.1, 0.15) is 0 Å². The lowest BCUT2D eigenvalue weighted by Gasteiger charge is -1.92. The van der Waals surface area contributed by atoms with Crippen molar-refractivity contribution >= 4 is 109 Å². The number of halogens is 4. The Hall–Kier alpha value is -0.000000000000000167. The second kappa shape index (κ2) is 7.27. The van der Waals surface area contributed by atoms with Crippen molar-refractivity contribution in [1.29, 1.82) is 0 Å². The molecule has 22 heavy (non-hydrogen) atoms. The van der Waals surface area contributed by atoms with Crippen LogP contribution in [0.2, 0.25) is 0 Å². The molecule has 0 aliphatic carbocycles. The van der Waals surface area contributed by atoms with Crippen LogP contribution in [-0.4, -0.2) is 17.5 Å². The van der Waals surface area contributed by atoms with E-state index in [2.05, 4.69) is 81.2 Å². The standard InChI is InChI=1S/2C6H2Br2N2S/c2*7-3-1-2-4(8)6-5(3)9-11-10-6/h2*1-2H. The predicted octanol–water partition coefficient (Wildman–Crippen LogP) is 6.43. The quantitative estimate of drug-likeness (QED) is 0.238. The molecular weight excluding hydrogens is 584 g/mol. The summed E-state index contributed by atoms with van der Waals surface area (Å²) in [5, 5.41) is 0. The molecule has 0 aliphatic rings. The largest absolute Gasteiger partial charge is 0.172 e. The van der Waals surface area contributed by atoms with Crippen LogP contribution in [0.15, 0.2) is 42.2 Å². The van der Waals surface area contributed by atoms with Crippen LogP contribution in [0.3, 0.4) is 0 Å². The minimum absolute atomic E-state index is 0.921. The van der Waals surface area contributed by atoms with Gasteiger partial charge in [-0.05, 0) is 88.0 Å². The number of hydrogen-bond acceptors (Lipinski definition) is 6. The average molecular weight is 588 g/mol. The van der Waals surface area contributed by atoms with Crippen molar-refractivity contribution in [3.05, 3.63) is 42.2 Å². The van der Waals surface area contributed by atoms with Gasteiger partial charge in [0.2, 0.25) is 0 Å². The Morgan fingerprint density at radius 2 is 0.727 bits per heavy atom. The monoisotopic (exact) mass is 584 g/mol. The Kier molecular flexibility index (Phi) is 5.56. The lowest BCUT2D eigenvalue weighted by molar-refractivity contribution is 1.58. The van der Waals surface area contributed by atoms with E-state index in [9.17, 15) is 0 Å². The Morgan fingerprint density at radius 3 is 0.955 bits per heavy atom. The van der Waals surface area contributed by atoms with Crippen LogP contribution in [0.25, 0.3) is 22.1 Å². The fourth-order valence-electron chi connectivity index (χ4n) is 1.61. The van der Waals surface area contributed by atoms with E-state index in [1.807, 2.05) is 24.3 Å². The highest BCUT2D eigenvalue weighted by atomic mass is 79.9. The Balaban J connectivity index is 0.000000131. The van der Waals surface area contributed by atoms with Crippen molar-refractivity contribution in [2.24, 2.45) is 0 Å². The summed E-state index contributed by atoms with van der Waals surface area (Å²) in [6.07, 6.45) is 0. The topological polar surface area (TPSA) is 51.6 Å². The zero-order chi connectivity index (χ0) is 15.7. The maximum Gasteiger partial charge on any atom is 0.120 e. The summed E-state index contributed by atoms with van der Waals surface area (Å²) in [6.45, 7) is 0. The molecule has 0 saturated heterocycles. The molecule has 2 aromatic carbocycles. The Morgan fingerprint density at radius 1 is 0.500 bits per heavy atom. The molecule has 0 unspecified atom stereocenters. The van der Waals surface area contributed by atoms with Crippen LogP contribution in [0, 0.1) is 0 Å². The van der Waals surface area contributed by atoms with Crippen LogP contribution < -0.4 is 0 Å². The van der Waals surface area contributed by atoms with Crippen LogP contribution in [0.4, 0.5) is 0 Å². The molecule has 112 valence electrons. The number of rotatable bonds is 0.